The monoisotopic (exact) mass is 373 g/mol. The number of benzene rings is 2. The van der Waals surface area contributed by atoms with E-state index in [2.05, 4.69) is 4.98 Å². The van der Waals surface area contributed by atoms with Crippen molar-refractivity contribution in [3.05, 3.63) is 60.2 Å². The number of aromatic nitrogens is 1. The van der Waals surface area contributed by atoms with Crippen molar-refractivity contribution in [2.75, 3.05) is 5.75 Å². The van der Waals surface area contributed by atoms with Gasteiger partial charge in [0, 0.05) is 11.3 Å². The Bertz CT molecular complexity index is 946. The number of hydrogen-bond acceptors (Lipinski definition) is 5. The second kappa shape index (κ2) is 7.45. The molecule has 130 valence electrons. The summed E-state index contributed by atoms with van der Waals surface area (Å²) >= 11 is 1.38. The molecule has 1 aromatic heterocycles. The second-order valence-corrected chi connectivity index (χ2v) is 8.58. The first-order valence-electron chi connectivity index (χ1n) is 8.03. The van der Waals surface area contributed by atoms with Gasteiger partial charge in [-0.3, -0.25) is 0 Å². The van der Waals surface area contributed by atoms with Crippen molar-refractivity contribution < 1.29 is 12.8 Å². The molecule has 25 heavy (non-hydrogen) atoms. The van der Waals surface area contributed by atoms with Crippen LogP contribution in [0.2, 0.25) is 0 Å². The van der Waals surface area contributed by atoms with Crippen LogP contribution in [-0.2, 0) is 9.84 Å². The third-order valence-corrected chi connectivity index (χ3v) is 6.57. The highest BCUT2D eigenvalue weighted by molar-refractivity contribution is 8.00. The first kappa shape index (κ1) is 17.8. The maximum absolute atomic E-state index is 13.0. The van der Waals surface area contributed by atoms with Crippen LogP contribution in [0.5, 0.6) is 0 Å². The van der Waals surface area contributed by atoms with Gasteiger partial charge in [0.15, 0.2) is 0 Å². The molecule has 3 rings (SSSR count). The van der Waals surface area contributed by atoms with Crippen LogP contribution >= 0.6 is 11.8 Å². The number of hydrogen-bond donors (Lipinski definition) is 0. The number of aryl methyl sites for hydroxylation is 1. The van der Waals surface area contributed by atoms with Gasteiger partial charge in [-0.05, 0) is 37.6 Å². The fourth-order valence-corrected chi connectivity index (χ4v) is 4.67. The van der Waals surface area contributed by atoms with Gasteiger partial charge >= 0.3 is 0 Å². The van der Waals surface area contributed by atoms with E-state index in [1.165, 1.54) is 11.8 Å². The minimum atomic E-state index is -3.73. The Kier molecular flexibility index (Phi) is 5.30. The van der Waals surface area contributed by atoms with E-state index in [9.17, 15) is 8.42 Å². The molecule has 0 unspecified atom stereocenters. The fraction of sp³-hybridized carbons (Fsp3) is 0.211. The summed E-state index contributed by atoms with van der Waals surface area (Å²) in [5.41, 5.74) is 1.76. The highest BCUT2D eigenvalue weighted by atomic mass is 32.2. The summed E-state index contributed by atoms with van der Waals surface area (Å²) in [4.78, 5) is 4.55. The predicted octanol–water partition coefficient (Wildman–Crippen LogP) is 4.98. The molecule has 2 aromatic carbocycles. The maximum atomic E-state index is 13.0. The second-order valence-electron chi connectivity index (χ2n) is 5.64. The van der Waals surface area contributed by atoms with Gasteiger partial charge in [-0.1, -0.05) is 54.6 Å². The summed E-state index contributed by atoms with van der Waals surface area (Å²) in [5, 5.41) is 0.343. The Balaban J connectivity index is 2.10. The van der Waals surface area contributed by atoms with Crippen molar-refractivity contribution in [1.29, 1.82) is 0 Å². The average molecular weight is 373 g/mol. The van der Waals surface area contributed by atoms with Crippen LogP contribution in [-0.4, -0.2) is 19.2 Å². The smallest absolute Gasteiger partial charge is 0.228 e. The number of sulfone groups is 1. The van der Waals surface area contributed by atoms with Crippen molar-refractivity contribution in [2.24, 2.45) is 0 Å². The molecule has 0 amide bonds. The lowest BCUT2D eigenvalue weighted by atomic mass is 10.2. The zero-order chi connectivity index (χ0) is 17.9. The number of nitrogens with zero attached hydrogens (tertiary/aromatic N) is 1. The highest BCUT2D eigenvalue weighted by Crippen LogP contribution is 2.35. The minimum Gasteiger partial charge on any atom is -0.428 e. The Morgan fingerprint density at radius 3 is 2.36 bits per heavy atom. The Hall–Kier alpha value is -2.05. The Morgan fingerprint density at radius 2 is 1.72 bits per heavy atom. The largest absolute Gasteiger partial charge is 0.428 e. The summed E-state index contributed by atoms with van der Waals surface area (Å²) in [5.74, 6) is 1.09. The van der Waals surface area contributed by atoms with Crippen LogP contribution in [0.1, 0.15) is 18.9 Å². The molecule has 1 heterocycles. The van der Waals surface area contributed by atoms with Crippen molar-refractivity contribution in [3.63, 3.8) is 0 Å². The zero-order valence-electron chi connectivity index (χ0n) is 14.1. The summed E-state index contributed by atoms with van der Waals surface area (Å²) in [7, 11) is -3.73. The van der Waals surface area contributed by atoms with Crippen LogP contribution in [0.15, 0.2) is 74.0 Å². The minimum absolute atomic E-state index is 0.00587. The van der Waals surface area contributed by atoms with Gasteiger partial charge in [0.05, 0.1) is 4.90 Å². The molecule has 0 aliphatic rings. The van der Waals surface area contributed by atoms with Crippen LogP contribution in [0.4, 0.5) is 0 Å². The van der Waals surface area contributed by atoms with E-state index in [0.717, 1.165) is 23.3 Å². The predicted molar refractivity (Wildman–Crippen MR) is 99.6 cm³/mol. The fourth-order valence-electron chi connectivity index (χ4n) is 2.28. The molecule has 0 saturated carbocycles. The third kappa shape index (κ3) is 3.80. The topological polar surface area (TPSA) is 60.2 Å². The zero-order valence-corrected chi connectivity index (χ0v) is 15.7. The molecule has 0 atom stereocenters. The molecule has 0 fully saturated rings. The van der Waals surface area contributed by atoms with Crippen molar-refractivity contribution in [2.45, 2.75) is 35.3 Å². The van der Waals surface area contributed by atoms with Gasteiger partial charge < -0.3 is 4.42 Å². The standard InChI is InChI=1S/C19H19NO3S2/c1-3-13-24-19-18(20-17(23-19)15-7-5-4-6-8-15)25(21,22)16-11-9-14(2)10-12-16/h4-12H,3,13H2,1-2H3. The van der Waals surface area contributed by atoms with Crippen LogP contribution in [0.3, 0.4) is 0 Å². The summed E-state index contributed by atoms with van der Waals surface area (Å²) < 4.78 is 31.9. The number of rotatable bonds is 6. The number of oxazole rings is 1. The summed E-state index contributed by atoms with van der Waals surface area (Å²) in [6.07, 6.45) is 0.913. The molecule has 4 nitrogen and oxygen atoms in total. The molecule has 0 saturated heterocycles. The van der Waals surface area contributed by atoms with Crippen LogP contribution in [0, 0.1) is 6.92 Å². The molecule has 0 spiro atoms. The van der Waals surface area contributed by atoms with Crippen LogP contribution < -0.4 is 0 Å². The van der Waals surface area contributed by atoms with E-state index < -0.39 is 9.84 Å². The lowest BCUT2D eigenvalue weighted by Gasteiger charge is -2.03. The molecule has 6 heteroatoms. The molecule has 0 aliphatic heterocycles. The number of thioether (sulfide) groups is 1. The van der Waals surface area contributed by atoms with Gasteiger partial charge in [0.2, 0.25) is 25.8 Å². The van der Waals surface area contributed by atoms with E-state index in [-0.39, 0.29) is 9.92 Å². The Morgan fingerprint density at radius 1 is 1.04 bits per heavy atom. The first-order chi connectivity index (χ1) is 12.0. The first-order valence-corrected chi connectivity index (χ1v) is 10.5. The van der Waals surface area contributed by atoms with Crippen molar-refractivity contribution >= 4 is 21.6 Å². The van der Waals surface area contributed by atoms with E-state index in [1.54, 1.807) is 24.3 Å². The van der Waals surface area contributed by atoms with Gasteiger partial charge in [-0.2, -0.15) is 4.98 Å². The molecule has 0 bridgehead atoms. The third-order valence-electron chi connectivity index (χ3n) is 3.61. The Labute approximate surface area is 152 Å². The van der Waals surface area contributed by atoms with E-state index in [1.807, 2.05) is 44.2 Å². The van der Waals surface area contributed by atoms with Crippen molar-refractivity contribution in [1.82, 2.24) is 4.98 Å². The van der Waals surface area contributed by atoms with Gasteiger partial charge in [-0.15, -0.1) is 0 Å². The lowest BCUT2D eigenvalue weighted by molar-refractivity contribution is 0.470. The van der Waals surface area contributed by atoms with E-state index >= 15 is 0 Å². The SMILES string of the molecule is CCCSc1oc(-c2ccccc2)nc1S(=O)(=O)c1ccc(C)cc1. The molecule has 0 aliphatic carbocycles. The van der Waals surface area contributed by atoms with Gasteiger partial charge in [0.1, 0.15) is 0 Å². The average Bonchev–Trinajstić information content (AvgIpc) is 3.06. The highest BCUT2D eigenvalue weighted by Gasteiger charge is 2.28. The molecule has 3 aromatic rings. The van der Waals surface area contributed by atoms with Crippen LogP contribution in [0.25, 0.3) is 11.5 Å². The van der Waals surface area contributed by atoms with Gasteiger partial charge in [0.25, 0.3) is 0 Å². The van der Waals surface area contributed by atoms with E-state index in [0.29, 0.717) is 11.0 Å². The summed E-state index contributed by atoms with van der Waals surface area (Å²) in [6, 6.07) is 16.1. The normalized spacial score (nSPS) is 11.6. The quantitative estimate of drug-likeness (QED) is 0.570. The van der Waals surface area contributed by atoms with E-state index in [4.69, 9.17) is 4.42 Å². The van der Waals surface area contributed by atoms with Crippen molar-refractivity contribution in [3.8, 4) is 11.5 Å². The summed E-state index contributed by atoms with van der Waals surface area (Å²) in [6.45, 7) is 3.96. The van der Waals surface area contributed by atoms with Gasteiger partial charge in [-0.25, -0.2) is 8.42 Å². The maximum Gasteiger partial charge on any atom is 0.228 e. The molecular formula is C19H19NO3S2. The molecule has 0 N–H and O–H groups in total. The molecular weight excluding hydrogens is 354 g/mol. The molecule has 0 radical (unpaired) electrons. The lowest BCUT2D eigenvalue weighted by Crippen LogP contribution is -2.04.